The molecule has 72 valence electrons. The van der Waals surface area contributed by atoms with Crippen LogP contribution in [0, 0.1) is 18.8 Å². The van der Waals surface area contributed by atoms with E-state index in [9.17, 15) is 4.79 Å². The largest absolute Gasteiger partial charge is 0.481 e. The van der Waals surface area contributed by atoms with Gasteiger partial charge < -0.3 is 5.11 Å². The molecule has 3 nitrogen and oxygen atoms in total. The molecule has 1 heterocycles. The summed E-state index contributed by atoms with van der Waals surface area (Å²) in [5.41, 5.74) is 1.50. The molecule has 0 saturated heterocycles. The highest BCUT2D eigenvalue weighted by molar-refractivity contribution is 6.30. The summed E-state index contributed by atoms with van der Waals surface area (Å²) in [6.45, 7) is 1.87. The lowest BCUT2D eigenvalue weighted by Gasteiger charge is -1.95. The van der Waals surface area contributed by atoms with Crippen molar-refractivity contribution in [3.63, 3.8) is 0 Å². The molecule has 0 aliphatic rings. The maximum atomic E-state index is 10.2. The van der Waals surface area contributed by atoms with Crippen molar-refractivity contribution in [3.8, 4) is 11.8 Å². The number of halogens is 1. The van der Waals surface area contributed by atoms with Gasteiger partial charge in [-0.1, -0.05) is 23.4 Å². The van der Waals surface area contributed by atoms with Crippen LogP contribution in [-0.2, 0) is 4.79 Å². The average Bonchev–Trinajstić information content (AvgIpc) is 2.10. The van der Waals surface area contributed by atoms with Gasteiger partial charge in [-0.2, -0.15) is 0 Å². The summed E-state index contributed by atoms with van der Waals surface area (Å²) in [7, 11) is 0. The van der Waals surface area contributed by atoms with Crippen molar-refractivity contribution in [1.29, 1.82) is 0 Å². The van der Waals surface area contributed by atoms with Crippen LogP contribution in [0.2, 0.25) is 5.15 Å². The minimum absolute atomic E-state index is 0.190. The van der Waals surface area contributed by atoms with E-state index in [0.29, 0.717) is 10.7 Å². The summed E-state index contributed by atoms with van der Waals surface area (Å²) < 4.78 is 0. The van der Waals surface area contributed by atoms with Gasteiger partial charge in [0.25, 0.3) is 0 Å². The van der Waals surface area contributed by atoms with E-state index in [1.807, 2.05) is 6.92 Å². The highest BCUT2D eigenvalue weighted by Crippen LogP contribution is 2.12. The molecule has 0 bridgehead atoms. The zero-order chi connectivity index (χ0) is 10.6. The molecular formula is C10H8ClNO2. The van der Waals surface area contributed by atoms with Crippen molar-refractivity contribution in [3.05, 3.63) is 28.5 Å². The van der Waals surface area contributed by atoms with E-state index in [0.717, 1.165) is 5.56 Å². The highest BCUT2D eigenvalue weighted by atomic mass is 35.5. The fourth-order valence-corrected chi connectivity index (χ4v) is 1.01. The third kappa shape index (κ3) is 3.08. The first-order valence-corrected chi connectivity index (χ1v) is 4.30. The number of carboxylic acid groups (broad SMARTS) is 1. The molecule has 0 atom stereocenters. The fourth-order valence-electron chi connectivity index (χ4n) is 0.855. The van der Waals surface area contributed by atoms with Crippen LogP contribution in [0.1, 0.15) is 17.5 Å². The fraction of sp³-hybridized carbons (Fsp3) is 0.200. The van der Waals surface area contributed by atoms with Crippen molar-refractivity contribution in [2.24, 2.45) is 0 Å². The van der Waals surface area contributed by atoms with Gasteiger partial charge in [-0.15, -0.1) is 0 Å². The van der Waals surface area contributed by atoms with E-state index in [2.05, 4.69) is 16.8 Å². The van der Waals surface area contributed by atoms with Crippen LogP contribution in [0.15, 0.2) is 12.3 Å². The molecule has 0 aliphatic heterocycles. The second-order valence-electron chi connectivity index (χ2n) is 2.72. The minimum atomic E-state index is -0.950. The van der Waals surface area contributed by atoms with Gasteiger partial charge in [-0.3, -0.25) is 4.79 Å². The summed E-state index contributed by atoms with van der Waals surface area (Å²) in [4.78, 5) is 14.1. The number of hydrogen-bond donors (Lipinski definition) is 1. The van der Waals surface area contributed by atoms with E-state index in [1.54, 1.807) is 12.3 Å². The third-order valence-electron chi connectivity index (χ3n) is 1.44. The molecule has 4 heteroatoms. The maximum Gasteiger partial charge on any atom is 0.315 e. The normalized spacial score (nSPS) is 9.00. The number of hydrogen-bond acceptors (Lipinski definition) is 2. The summed E-state index contributed by atoms with van der Waals surface area (Å²) >= 11 is 5.75. The third-order valence-corrected chi connectivity index (χ3v) is 1.74. The lowest BCUT2D eigenvalue weighted by Crippen LogP contribution is -1.91. The van der Waals surface area contributed by atoms with E-state index in [4.69, 9.17) is 16.7 Å². The monoisotopic (exact) mass is 209 g/mol. The molecule has 1 rings (SSSR count). The smallest absolute Gasteiger partial charge is 0.315 e. The van der Waals surface area contributed by atoms with Crippen LogP contribution in [0.5, 0.6) is 0 Å². The van der Waals surface area contributed by atoms with Gasteiger partial charge in [-0.25, -0.2) is 4.98 Å². The van der Waals surface area contributed by atoms with Gasteiger partial charge in [0, 0.05) is 6.20 Å². The molecule has 0 fully saturated rings. The second kappa shape index (κ2) is 4.64. The first kappa shape index (κ1) is 10.6. The standard InChI is InChI=1S/C10H8ClNO2/c1-7-5-8(10(11)12-6-7)3-2-4-9(13)14/h5-6H,4H2,1H3,(H,13,14). The summed E-state index contributed by atoms with van der Waals surface area (Å²) in [6, 6.07) is 1.77. The van der Waals surface area contributed by atoms with Crippen molar-refractivity contribution in [2.75, 3.05) is 0 Å². The number of carboxylic acids is 1. The zero-order valence-electron chi connectivity index (χ0n) is 7.54. The van der Waals surface area contributed by atoms with Crippen LogP contribution in [0.4, 0.5) is 0 Å². The summed E-state index contributed by atoms with van der Waals surface area (Å²) in [5.74, 6) is 4.21. The lowest BCUT2D eigenvalue weighted by molar-refractivity contribution is -0.135. The predicted molar refractivity (Wildman–Crippen MR) is 53.1 cm³/mol. The van der Waals surface area contributed by atoms with Gasteiger partial charge in [0.05, 0.1) is 5.56 Å². The zero-order valence-corrected chi connectivity index (χ0v) is 8.30. The molecule has 0 radical (unpaired) electrons. The van der Waals surface area contributed by atoms with Crippen molar-refractivity contribution < 1.29 is 9.90 Å². The van der Waals surface area contributed by atoms with E-state index in [1.165, 1.54) is 0 Å². The lowest BCUT2D eigenvalue weighted by atomic mass is 10.2. The van der Waals surface area contributed by atoms with E-state index >= 15 is 0 Å². The molecule has 0 saturated carbocycles. The maximum absolute atomic E-state index is 10.2. The summed E-state index contributed by atoms with van der Waals surface area (Å²) in [6.07, 6.45) is 1.44. The number of carbonyl (C=O) groups is 1. The molecule has 0 aliphatic carbocycles. The van der Waals surface area contributed by atoms with Crippen LogP contribution < -0.4 is 0 Å². The minimum Gasteiger partial charge on any atom is -0.481 e. The Morgan fingerprint density at radius 1 is 1.71 bits per heavy atom. The number of pyridine rings is 1. The Morgan fingerprint density at radius 2 is 2.43 bits per heavy atom. The van der Waals surface area contributed by atoms with Gasteiger partial charge >= 0.3 is 5.97 Å². The van der Waals surface area contributed by atoms with E-state index in [-0.39, 0.29) is 6.42 Å². The topological polar surface area (TPSA) is 50.2 Å². The molecule has 14 heavy (non-hydrogen) atoms. The first-order valence-electron chi connectivity index (χ1n) is 3.92. The van der Waals surface area contributed by atoms with Crippen LogP contribution >= 0.6 is 11.6 Å². The number of aryl methyl sites for hydroxylation is 1. The summed E-state index contributed by atoms with van der Waals surface area (Å²) in [5, 5.41) is 8.66. The van der Waals surface area contributed by atoms with Crippen LogP contribution in [-0.4, -0.2) is 16.1 Å². The predicted octanol–water partition coefficient (Wildman–Crippen LogP) is 1.87. The molecule has 1 aromatic rings. The van der Waals surface area contributed by atoms with Gasteiger partial charge in [0.15, 0.2) is 0 Å². The Balaban J connectivity index is 2.88. The van der Waals surface area contributed by atoms with Gasteiger partial charge in [0.2, 0.25) is 0 Å². The number of rotatable bonds is 1. The van der Waals surface area contributed by atoms with Crippen molar-refractivity contribution in [1.82, 2.24) is 4.98 Å². The Morgan fingerprint density at radius 3 is 3.07 bits per heavy atom. The second-order valence-corrected chi connectivity index (χ2v) is 3.08. The Labute approximate surface area is 86.7 Å². The molecule has 0 aromatic carbocycles. The molecule has 0 unspecified atom stereocenters. The Kier molecular flexibility index (Phi) is 3.49. The van der Waals surface area contributed by atoms with Crippen LogP contribution in [0.3, 0.4) is 0 Å². The number of aromatic nitrogens is 1. The quantitative estimate of drug-likeness (QED) is 0.568. The van der Waals surface area contributed by atoms with Gasteiger partial charge in [0.1, 0.15) is 11.6 Å². The molecule has 0 amide bonds. The first-order chi connectivity index (χ1) is 6.59. The molecule has 1 N–H and O–H groups in total. The van der Waals surface area contributed by atoms with E-state index < -0.39 is 5.97 Å². The Hall–Kier alpha value is -1.53. The average molecular weight is 210 g/mol. The van der Waals surface area contributed by atoms with Crippen LogP contribution in [0.25, 0.3) is 0 Å². The number of aliphatic carboxylic acids is 1. The Bertz CT molecular complexity index is 418. The number of nitrogens with zero attached hydrogens (tertiary/aromatic N) is 1. The van der Waals surface area contributed by atoms with Crippen molar-refractivity contribution in [2.45, 2.75) is 13.3 Å². The molecule has 0 spiro atoms. The molecular weight excluding hydrogens is 202 g/mol. The van der Waals surface area contributed by atoms with Crippen molar-refractivity contribution >= 4 is 17.6 Å². The SMILES string of the molecule is Cc1cnc(Cl)c(C#CCC(=O)O)c1. The van der Waals surface area contributed by atoms with Gasteiger partial charge in [-0.05, 0) is 18.6 Å². The molecule has 1 aromatic heterocycles. The highest BCUT2D eigenvalue weighted by Gasteiger charge is 1.98.